The van der Waals surface area contributed by atoms with Crippen LogP contribution < -0.4 is 5.32 Å². The number of phenolic OH excluding ortho intramolecular Hbond substituents is 1. The summed E-state index contributed by atoms with van der Waals surface area (Å²) in [4.78, 5) is 23.5. The van der Waals surface area contributed by atoms with Gasteiger partial charge in [0.05, 0.1) is 10.5 Å². The van der Waals surface area contributed by atoms with Crippen LogP contribution in [0.25, 0.3) is 0 Å². The van der Waals surface area contributed by atoms with Gasteiger partial charge in [-0.15, -0.1) is 0 Å². The van der Waals surface area contributed by atoms with Crippen molar-refractivity contribution in [3.63, 3.8) is 0 Å². The molecule has 0 spiro atoms. The molecule has 2 N–H and O–H groups in total. The highest BCUT2D eigenvalue weighted by Gasteiger charge is 2.20. The standard InChI is InChI=1S/C11H15N3O4/c1-13(2)7-6-12-11(16)8-4-3-5-9(10(8)15)14(17)18/h3-5,15H,6-7H2,1-2H3,(H,12,16). The molecule has 98 valence electrons. The van der Waals surface area contributed by atoms with E-state index < -0.39 is 22.3 Å². The van der Waals surface area contributed by atoms with Gasteiger partial charge < -0.3 is 15.3 Å². The number of hydrogen-bond donors (Lipinski definition) is 2. The number of nitro benzene ring substituents is 1. The van der Waals surface area contributed by atoms with E-state index in [0.29, 0.717) is 13.1 Å². The average Bonchev–Trinajstić information content (AvgIpc) is 2.28. The molecule has 0 bridgehead atoms. The second-order valence-electron chi connectivity index (χ2n) is 3.99. The number of nitrogens with one attached hydrogen (secondary N) is 1. The summed E-state index contributed by atoms with van der Waals surface area (Å²) in [6.07, 6.45) is 0. The zero-order chi connectivity index (χ0) is 13.7. The molecule has 0 radical (unpaired) electrons. The predicted octanol–water partition coefficient (Wildman–Crippen LogP) is 0.592. The van der Waals surface area contributed by atoms with E-state index in [2.05, 4.69) is 5.32 Å². The summed E-state index contributed by atoms with van der Waals surface area (Å²) in [5.41, 5.74) is -0.571. The maximum atomic E-state index is 11.7. The van der Waals surface area contributed by atoms with E-state index in [0.717, 1.165) is 6.07 Å². The minimum absolute atomic E-state index is 0.0945. The van der Waals surface area contributed by atoms with Crippen molar-refractivity contribution in [2.45, 2.75) is 0 Å². The number of carbonyl (C=O) groups is 1. The maximum absolute atomic E-state index is 11.7. The SMILES string of the molecule is CN(C)CCNC(=O)c1cccc([N+](=O)[O-])c1O. The summed E-state index contributed by atoms with van der Waals surface area (Å²) < 4.78 is 0. The lowest BCUT2D eigenvalue weighted by Gasteiger charge is -2.10. The third-order valence-corrected chi connectivity index (χ3v) is 2.30. The van der Waals surface area contributed by atoms with Crippen LogP contribution in [0.4, 0.5) is 5.69 Å². The first-order valence-electron chi connectivity index (χ1n) is 5.32. The van der Waals surface area contributed by atoms with Crippen LogP contribution in [0.2, 0.25) is 0 Å². The van der Waals surface area contributed by atoms with E-state index in [1.54, 1.807) is 0 Å². The Bertz CT molecular complexity index is 460. The fourth-order valence-corrected chi connectivity index (χ4v) is 1.35. The fourth-order valence-electron chi connectivity index (χ4n) is 1.35. The third-order valence-electron chi connectivity index (χ3n) is 2.30. The molecule has 1 aromatic carbocycles. The number of aromatic hydroxyl groups is 1. The van der Waals surface area contributed by atoms with Gasteiger partial charge in [0.25, 0.3) is 5.91 Å². The molecule has 0 aliphatic rings. The van der Waals surface area contributed by atoms with Crippen LogP contribution in [-0.2, 0) is 0 Å². The Morgan fingerprint density at radius 1 is 1.50 bits per heavy atom. The molecule has 1 aromatic rings. The van der Waals surface area contributed by atoms with Gasteiger partial charge in [0.15, 0.2) is 0 Å². The highest BCUT2D eigenvalue weighted by Crippen LogP contribution is 2.28. The molecule has 7 heteroatoms. The van der Waals surface area contributed by atoms with Crippen molar-refractivity contribution in [1.29, 1.82) is 0 Å². The van der Waals surface area contributed by atoms with Gasteiger partial charge >= 0.3 is 5.69 Å². The Balaban J connectivity index is 2.80. The lowest BCUT2D eigenvalue weighted by molar-refractivity contribution is -0.385. The molecule has 0 aliphatic carbocycles. The van der Waals surface area contributed by atoms with E-state index in [1.807, 2.05) is 19.0 Å². The van der Waals surface area contributed by atoms with Gasteiger partial charge in [-0.05, 0) is 20.2 Å². The molecule has 0 saturated carbocycles. The molecule has 0 saturated heterocycles. The quantitative estimate of drug-likeness (QED) is 0.591. The van der Waals surface area contributed by atoms with E-state index in [9.17, 15) is 20.0 Å². The van der Waals surface area contributed by atoms with Crippen molar-refractivity contribution < 1.29 is 14.8 Å². The van der Waals surface area contributed by atoms with E-state index in [4.69, 9.17) is 0 Å². The number of carbonyl (C=O) groups excluding carboxylic acids is 1. The van der Waals surface area contributed by atoms with Crippen LogP contribution in [0.3, 0.4) is 0 Å². The maximum Gasteiger partial charge on any atom is 0.311 e. The first-order chi connectivity index (χ1) is 8.43. The van der Waals surface area contributed by atoms with Crippen LogP contribution in [0.15, 0.2) is 18.2 Å². The smallest absolute Gasteiger partial charge is 0.311 e. The Hall–Kier alpha value is -2.15. The Morgan fingerprint density at radius 3 is 2.72 bits per heavy atom. The molecule has 0 aromatic heterocycles. The van der Waals surface area contributed by atoms with Crippen LogP contribution in [-0.4, -0.2) is 48.0 Å². The molecule has 0 fully saturated rings. The summed E-state index contributed by atoms with van der Waals surface area (Å²) in [7, 11) is 3.72. The Labute approximate surface area is 104 Å². The number of nitrogens with zero attached hydrogens (tertiary/aromatic N) is 2. The molecular formula is C11H15N3O4. The van der Waals surface area contributed by atoms with E-state index in [1.165, 1.54) is 12.1 Å². The largest absolute Gasteiger partial charge is 0.502 e. The van der Waals surface area contributed by atoms with Crippen molar-refractivity contribution in [3.8, 4) is 5.75 Å². The van der Waals surface area contributed by atoms with Crippen LogP contribution in [0.5, 0.6) is 5.75 Å². The van der Waals surface area contributed by atoms with Crippen molar-refractivity contribution in [1.82, 2.24) is 10.2 Å². The summed E-state index contributed by atoms with van der Waals surface area (Å²) in [5.74, 6) is -1.14. The van der Waals surface area contributed by atoms with Crippen molar-refractivity contribution in [3.05, 3.63) is 33.9 Å². The number of rotatable bonds is 5. The number of amides is 1. The minimum Gasteiger partial charge on any atom is -0.502 e. The van der Waals surface area contributed by atoms with Crippen LogP contribution >= 0.6 is 0 Å². The predicted molar refractivity (Wildman–Crippen MR) is 65.6 cm³/mol. The molecule has 1 amide bonds. The number of hydrogen-bond acceptors (Lipinski definition) is 5. The minimum atomic E-state index is -0.730. The van der Waals surface area contributed by atoms with Crippen LogP contribution in [0.1, 0.15) is 10.4 Å². The number of nitro groups is 1. The van der Waals surface area contributed by atoms with Gasteiger partial charge in [-0.2, -0.15) is 0 Å². The average molecular weight is 253 g/mol. The van der Waals surface area contributed by atoms with Crippen molar-refractivity contribution in [2.75, 3.05) is 27.2 Å². The van der Waals surface area contributed by atoms with E-state index in [-0.39, 0.29) is 5.56 Å². The van der Waals surface area contributed by atoms with Crippen LogP contribution in [0, 0.1) is 10.1 Å². The molecule has 0 unspecified atom stereocenters. The van der Waals surface area contributed by atoms with Gasteiger partial charge in [-0.3, -0.25) is 14.9 Å². The molecular weight excluding hydrogens is 238 g/mol. The summed E-state index contributed by atoms with van der Waals surface area (Å²) in [6, 6.07) is 3.85. The molecule has 1 rings (SSSR count). The summed E-state index contributed by atoms with van der Waals surface area (Å²) in [5, 5.41) is 22.8. The lowest BCUT2D eigenvalue weighted by Crippen LogP contribution is -2.31. The molecule has 0 aliphatic heterocycles. The first kappa shape index (κ1) is 13.9. The summed E-state index contributed by atoms with van der Waals surface area (Å²) in [6.45, 7) is 1.04. The number of para-hydroxylation sites is 1. The van der Waals surface area contributed by atoms with E-state index >= 15 is 0 Å². The topological polar surface area (TPSA) is 95.7 Å². The highest BCUT2D eigenvalue weighted by molar-refractivity contribution is 5.98. The molecule has 7 nitrogen and oxygen atoms in total. The lowest BCUT2D eigenvalue weighted by atomic mass is 10.1. The first-order valence-corrected chi connectivity index (χ1v) is 5.32. The van der Waals surface area contributed by atoms with Gasteiger partial charge in [0.1, 0.15) is 0 Å². The second-order valence-corrected chi connectivity index (χ2v) is 3.99. The third kappa shape index (κ3) is 3.42. The number of phenols is 1. The second kappa shape index (κ2) is 5.97. The van der Waals surface area contributed by atoms with Crippen molar-refractivity contribution >= 4 is 11.6 Å². The van der Waals surface area contributed by atoms with Gasteiger partial charge in [0, 0.05) is 19.2 Å². The van der Waals surface area contributed by atoms with Gasteiger partial charge in [-0.1, -0.05) is 6.07 Å². The molecule has 0 atom stereocenters. The van der Waals surface area contributed by atoms with Crippen molar-refractivity contribution in [2.24, 2.45) is 0 Å². The van der Waals surface area contributed by atoms with Gasteiger partial charge in [-0.25, -0.2) is 0 Å². The monoisotopic (exact) mass is 253 g/mol. The Kier molecular flexibility index (Phi) is 4.61. The van der Waals surface area contributed by atoms with Gasteiger partial charge in [0.2, 0.25) is 5.75 Å². The molecule has 18 heavy (non-hydrogen) atoms. The summed E-state index contributed by atoms with van der Waals surface area (Å²) >= 11 is 0. The zero-order valence-electron chi connectivity index (χ0n) is 10.2. The Morgan fingerprint density at radius 2 is 2.17 bits per heavy atom. The highest BCUT2D eigenvalue weighted by atomic mass is 16.6. The normalized spacial score (nSPS) is 10.4. The number of likely N-dealkylation sites (N-methyl/N-ethyl adjacent to an activating group) is 1. The zero-order valence-corrected chi connectivity index (χ0v) is 10.2. The fraction of sp³-hybridized carbons (Fsp3) is 0.364. The number of benzene rings is 1. The molecule has 0 heterocycles.